The quantitative estimate of drug-likeness (QED) is 0.767. The first-order valence-corrected chi connectivity index (χ1v) is 7.47. The van der Waals surface area contributed by atoms with E-state index in [0.29, 0.717) is 16.3 Å². The van der Waals surface area contributed by atoms with Gasteiger partial charge in [0, 0.05) is 16.3 Å². The lowest BCUT2D eigenvalue weighted by Gasteiger charge is -2.15. The van der Waals surface area contributed by atoms with E-state index in [1.165, 1.54) is 18.2 Å². The molecule has 1 atom stereocenters. The number of hydrogen-bond donors (Lipinski definition) is 1. The Balaban J connectivity index is 2.09. The van der Waals surface area contributed by atoms with Gasteiger partial charge in [-0.25, -0.2) is 8.78 Å². The highest BCUT2D eigenvalue weighted by molar-refractivity contribution is 9.09. The molecule has 0 saturated carbocycles. The number of carbonyl (C=O) groups is 1. The number of fused-ring (bicyclic) bond motifs is 1. The zero-order chi connectivity index (χ0) is 15.1. The van der Waals surface area contributed by atoms with E-state index in [4.69, 9.17) is 11.6 Å². The van der Waals surface area contributed by atoms with E-state index in [1.807, 2.05) is 0 Å². The fourth-order valence-electron chi connectivity index (χ4n) is 2.37. The summed E-state index contributed by atoms with van der Waals surface area (Å²) < 4.78 is 27.7. The van der Waals surface area contributed by atoms with Crippen molar-refractivity contribution in [2.45, 2.75) is 11.2 Å². The average molecular weight is 373 g/mol. The zero-order valence-electron chi connectivity index (χ0n) is 10.6. The molecule has 2 aromatic carbocycles. The Bertz CT molecular complexity index is 730. The molecule has 2 nitrogen and oxygen atoms in total. The summed E-state index contributed by atoms with van der Waals surface area (Å²) in [5.74, 6) is -1.42. The van der Waals surface area contributed by atoms with Gasteiger partial charge >= 0.3 is 0 Å². The van der Waals surface area contributed by atoms with Crippen molar-refractivity contribution in [3.63, 3.8) is 0 Å². The van der Waals surface area contributed by atoms with Crippen molar-refractivity contribution >= 4 is 39.1 Å². The van der Waals surface area contributed by atoms with Crippen molar-refractivity contribution in [2.24, 2.45) is 0 Å². The van der Waals surface area contributed by atoms with E-state index >= 15 is 0 Å². The molecule has 2 aromatic rings. The Hall–Kier alpha value is -1.46. The smallest absolute Gasteiger partial charge is 0.228 e. The molecular weight excluding hydrogens is 364 g/mol. The van der Waals surface area contributed by atoms with Crippen LogP contribution in [0.4, 0.5) is 14.5 Å². The van der Waals surface area contributed by atoms with E-state index in [9.17, 15) is 13.6 Å². The predicted molar refractivity (Wildman–Crippen MR) is 80.9 cm³/mol. The van der Waals surface area contributed by atoms with Crippen LogP contribution >= 0.6 is 27.5 Å². The molecule has 0 aromatic heterocycles. The topological polar surface area (TPSA) is 29.1 Å². The molecule has 0 fully saturated rings. The number of benzene rings is 2. The van der Waals surface area contributed by atoms with Crippen LogP contribution < -0.4 is 5.32 Å². The minimum atomic E-state index is -0.729. The van der Waals surface area contributed by atoms with Crippen LogP contribution in [0, 0.1) is 11.6 Å². The molecule has 6 heteroatoms. The Kier molecular flexibility index (Phi) is 3.71. The maximum Gasteiger partial charge on any atom is 0.228 e. The molecule has 108 valence electrons. The minimum Gasteiger partial charge on any atom is -0.325 e. The summed E-state index contributed by atoms with van der Waals surface area (Å²) >= 11 is 9.48. The number of nitrogens with one attached hydrogen (secondary N) is 1. The molecule has 1 aliphatic rings. The Labute approximate surface area is 133 Å². The lowest BCUT2D eigenvalue weighted by molar-refractivity contribution is -0.115. The lowest BCUT2D eigenvalue weighted by atomic mass is 10.0. The first-order valence-electron chi connectivity index (χ1n) is 6.17. The first-order chi connectivity index (χ1) is 9.97. The van der Waals surface area contributed by atoms with Gasteiger partial charge in [-0.05, 0) is 29.3 Å². The van der Waals surface area contributed by atoms with Crippen LogP contribution in [0.15, 0.2) is 30.3 Å². The van der Waals surface area contributed by atoms with Crippen LogP contribution in [0.3, 0.4) is 0 Å². The predicted octanol–water partition coefficient (Wildman–Crippen LogP) is 4.60. The van der Waals surface area contributed by atoms with Crippen molar-refractivity contribution in [1.82, 2.24) is 0 Å². The van der Waals surface area contributed by atoms with Crippen LogP contribution in [-0.4, -0.2) is 5.91 Å². The van der Waals surface area contributed by atoms with Gasteiger partial charge in [0.15, 0.2) is 0 Å². The van der Waals surface area contributed by atoms with Gasteiger partial charge in [-0.15, -0.1) is 0 Å². The summed E-state index contributed by atoms with van der Waals surface area (Å²) in [6.07, 6.45) is 0.235. The maximum absolute atomic E-state index is 13.9. The summed E-state index contributed by atoms with van der Waals surface area (Å²) in [7, 11) is 0. The summed E-state index contributed by atoms with van der Waals surface area (Å²) in [5.41, 5.74) is 1.83. The van der Waals surface area contributed by atoms with Gasteiger partial charge in [0.1, 0.15) is 11.6 Å². The SMILES string of the molecule is O=C1Cc2cc(C(Br)c3c(F)cccc3F)c(Cl)cc2N1. The highest BCUT2D eigenvalue weighted by Crippen LogP contribution is 2.40. The third-order valence-corrected chi connectivity index (χ3v) is 4.65. The van der Waals surface area contributed by atoms with Gasteiger partial charge in [-0.3, -0.25) is 4.79 Å². The molecule has 1 heterocycles. The van der Waals surface area contributed by atoms with Crippen molar-refractivity contribution in [3.05, 3.63) is 63.7 Å². The Morgan fingerprint density at radius 2 is 1.90 bits per heavy atom. The van der Waals surface area contributed by atoms with Crippen LogP contribution in [0.5, 0.6) is 0 Å². The molecule has 1 aliphatic heterocycles. The maximum atomic E-state index is 13.9. The highest BCUT2D eigenvalue weighted by Gasteiger charge is 2.25. The van der Waals surface area contributed by atoms with E-state index < -0.39 is 16.5 Å². The van der Waals surface area contributed by atoms with E-state index in [1.54, 1.807) is 12.1 Å². The van der Waals surface area contributed by atoms with Gasteiger partial charge in [0.05, 0.1) is 11.2 Å². The molecule has 0 radical (unpaired) electrons. The molecule has 3 rings (SSSR count). The summed E-state index contributed by atoms with van der Waals surface area (Å²) in [6, 6.07) is 6.99. The number of anilines is 1. The summed E-state index contributed by atoms with van der Waals surface area (Å²) in [4.78, 5) is 10.7. The summed E-state index contributed by atoms with van der Waals surface area (Å²) in [6.45, 7) is 0. The van der Waals surface area contributed by atoms with Gasteiger partial charge in [-0.2, -0.15) is 0 Å². The van der Waals surface area contributed by atoms with Crippen molar-refractivity contribution in [1.29, 1.82) is 0 Å². The van der Waals surface area contributed by atoms with Crippen LogP contribution in [0.25, 0.3) is 0 Å². The van der Waals surface area contributed by atoms with Gasteiger partial charge in [0.2, 0.25) is 5.91 Å². The molecule has 0 saturated heterocycles. The third kappa shape index (κ3) is 2.56. The normalized spacial score (nSPS) is 14.8. The molecule has 0 spiro atoms. The van der Waals surface area contributed by atoms with Crippen LogP contribution in [0.2, 0.25) is 5.02 Å². The van der Waals surface area contributed by atoms with Crippen LogP contribution in [-0.2, 0) is 11.2 Å². The van der Waals surface area contributed by atoms with Gasteiger partial charge in [-0.1, -0.05) is 39.7 Å². The molecule has 21 heavy (non-hydrogen) atoms. The molecule has 1 amide bonds. The molecule has 0 aliphatic carbocycles. The fourth-order valence-corrected chi connectivity index (χ4v) is 3.59. The number of halogens is 4. The number of alkyl halides is 1. The minimum absolute atomic E-state index is 0.100. The number of carbonyl (C=O) groups excluding carboxylic acids is 1. The van der Waals surface area contributed by atoms with E-state index in [-0.39, 0.29) is 17.9 Å². The Morgan fingerprint density at radius 1 is 1.24 bits per heavy atom. The average Bonchev–Trinajstić information content (AvgIpc) is 2.76. The molecule has 0 bridgehead atoms. The second-order valence-corrected chi connectivity index (χ2v) is 6.08. The molecule has 1 unspecified atom stereocenters. The molecule has 1 N–H and O–H groups in total. The highest BCUT2D eigenvalue weighted by atomic mass is 79.9. The lowest BCUT2D eigenvalue weighted by Crippen LogP contribution is -2.03. The number of hydrogen-bond acceptors (Lipinski definition) is 1. The molecular formula is C15H9BrClF2NO. The van der Waals surface area contributed by atoms with E-state index in [0.717, 1.165) is 5.56 Å². The van der Waals surface area contributed by atoms with Crippen molar-refractivity contribution in [2.75, 3.05) is 5.32 Å². The number of rotatable bonds is 2. The fraction of sp³-hybridized carbons (Fsp3) is 0.133. The van der Waals surface area contributed by atoms with Crippen LogP contribution in [0.1, 0.15) is 21.5 Å². The Morgan fingerprint density at radius 3 is 2.57 bits per heavy atom. The second kappa shape index (κ2) is 5.39. The van der Waals surface area contributed by atoms with Crippen molar-refractivity contribution < 1.29 is 13.6 Å². The first kappa shape index (κ1) is 14.5. The summed E-state index contributed by atoms with van der Waals surface area (Å²) in [5, 5.41) is 3.01. The third-order valence-electron chi connectivity index (χ3n) is 3.37. The monoisotopic (exact) mass is 371 g/mol. The largest absolute Gasteiger partial charge is 0.325 e. The van der Waals surface area contributed by atoms with Crippen molar-refractivity contribution in [3.8, 4) is 0 Å². The number of amides is 1. The standard InChI is InChI=1S/C15H9BrClF2NO/c16-15(14-10(18)2-1-3-11(14)19)8-4-7-5-13(21)20-12(7)6-9(8)17/h1-4,6,15H,5H2,(H,20,21). The second-order valence-electron chi connectivity index (χ2n) is 4.75. The van der Waals surface area contributed by atoms with E-state index in [2.05, 4.69) is 21.2 Å². The van der Waals surface area contributed by atoms with Gasteiger partial charge in [0.25, 0.3) is 0 Å². The van der Waals surface area contributed by atoms with Gasteiger partial charge < -0.3 is 5.32 Å². The zero-order valence-corrected chi connectivity index (χ0v) is 12.9.